The standard InChI is InChI=1S/C15H17BrO2/c1-8-5-6-18-15(8)14(17)12-9(2)7-10(3)13(16)11(12)4/h5-7,14,17H,1-4H3. The lowest BCUT2D eigenvalue weighted by Crippen LogP contribution is -2.06. The molecular formula is C15H17BrO2. The van der Waals surface area contributed by atoms with E-state index >= 15 is 0 Å². The van der Waals surface area contributed by atoms with E-state index in [9.17, 15) is 5.11 Å². The van der Waals surface area contributed by atoms with Gasteiger partial charge in [-0.1, -0.05) is 22.0 Å². The van der Waals surface area contributed by atoms with Gasteiger partial charge < -0.3 is 9.52 Å². The van der Waals surface area contributed by atoms with E-state index in [2.05, 4.69) is 28.9 Å². The van der Waals surface area contributed by atoms with E-state index in [1.807, 2.05) is 26.8 Å². The summed E-state index contributed by atoms with van der Waals surface area (Å²) in [6.45, 7) is 8.03. The summed E-state index contributed by atoms with van der Waals surface area (Å²) in [5.74, 6) is 0.622. The molecule has 0 aliphatic heterocycles. The van der Waals surface area contributed by atoms with E-state index in [4.69, 9.17) is 4.42 Å². The topological polar surface area (TPSA) is 33.4 Å². The Labute approximate surface area is 116 Å². The molecule has 0 spiro atoms. The molecule has 1 aromatic heterocycles. The van der Waals surface area contributed by atoms with Crippen molar-refractivity contribution in [3.05, 3.63) is 56.4 Å². The normalized spacial score (nSPS) is 12.8. The maximum Gasteiger partial charge on any atom is 0.139 e. The highest BCUT2D eigenvalue weighted by Gasteiger charge is 2.21. The molecule has 0 aliphatic rings. The number of aliphatic hydroxyl groups is 1. The summed E-state index contributed by atoms with van der Waals surface area (Å²) in [7, 11) is 0. The molecule has 2 aromatic rings. The molecule has 0 radical (unpaired) electrons. The average molecular weight is 309 g/mol. The van der Waals surface area contributed by atoms with Crippen LogP contribution >= 0.6 is 15.9 Å². The molecule has 1 unspecified atom stereocenters. The van der Waals surface area contributed by atoms with Crippen molar-refractivity contribution in [2.75, 3.05) is 0 Å². The fourth-order valence-electron chi connectivity index (χ4n) is 2.39. The van der Waals surface area contributed by atoms with Crippen molar-refractivity contribution in [2.24, 2.45) is 0 Å². The molecular weight excluding hydrogens is 292 g/mol. The molecule has 0 aliphatic carbocycles. The van der Waals surface area contributed by atoms with Crippen LogP contribution in [0.5, 0.6) is 0 Å². The van der Waals surface area contributed by atoms with E-state index in [-0.39, 0.29) is 0 Å². The number of hydrogen-bond donors (Lipinski definition) is 1. The summed E-state index contributed by atoms with van der Waals surface area (Å²) in [5.41, 5.74) is 5.22. The number of hydrogen-bond acceptors (Lipinski definition) is 2. The third-order valence-electron chi connectivity index (χ3n) is 3.36. The van der Waals surface area contributed by atoms with Crippen LogP contribution in [-0.2, 0) is 0 Å². The second-order valence-corrected chi connectivity index (χ2v) is 5.53. The zero-order valence-electron chi connectivity index (χ0n) is 11.0. The number of furan rings is 1. The zero-order valence-corrected chi connectivity index (χ0v) is 12.6. The van der Waals surface area contributed by atoms with Crippen LogP contribution in [0.25, 0.3) is 0 Å². The van der Waals surface area contributed by atoms with Crippen molar-refractivity contribution in [1.29, 1.82) is 0 Å². The van der Waals surface area contributed by atoms with Gasteiger partial charge in [0.05, 0.1) is 6.26 Å². The smallest absolute Gasteiger partial charge is 0.139 e. The Kier molecular flexibility index (Phi) is 3.64. The van der Waals surface area contributed by atoms with Gasteiger partial charge >= 0.3 is 0 Å². The second-order valence-electron chi connectivity index (χ2n) is 4.73. The molecule has 3 heteroatoms. The maximum absolute atomic E-state index is 10.5. The van der Waals surface area contributed by atoms with E-state index in [1.165, 1.54) is 5.56 Å². The Bertz CT molecular complexity index is 584. The van der Waals surface area contributed by atoms with Crippen molar-refractivity contribution in [3.8, 4) is 0 Å². The van der Waals surface area contributed by atoms with Crippen LogP contribution in [0.1, 0.15) is 39.7 Å². The van der Waals surface area contributed by atoms with Crippen LogP contribution in [0.2, 0.25) is 0 Å². The van der Waals surface area contributed by atoms with Crippen LogP contribution in [-0.4, -0.2) is 5.11 Å². The lowest BCUT2D eigenvalue weighted by Gasteiger charge is -2.18. The first kappa shape index (κ1) is 13.4. The van der Waals surface area contributed by atoms with E-state index in [0.29, 0.717) is 5.76 Å². The summed E-state index contributed by atoms with van der Waals surface area (Å²) in [4.78, 5) is 0. The SMILES string of the molecule is Cc1ccoc1C(O)c1c(C)cc(C)c(Br)c1C. The molecule has 2 rings (SSSR count). The Morgan fingerprint density at radius 2 is 1.78 bits per heavy atom. The number of halogens is 1. The zero-order chi connectivity index (χ0) is 13.4. The largest absolute Gasteiger partial charge is 0.466 e. The molecule has 0 amide bonds. The number of benzene rings is 1. The first-order valence-electron chi connectivity index (χ1n) is 5.91. The highest BCUT2D eigenvalue weighted by Crippen LogP contribution is 2.35. The Balaban J connectivity index is 2.59. The third-order valence-corrected chi connectivity index (χ3v) is 4.58. The van der Waals surface area contributed by atoms with Crippen LogP contribution in [0.15, 0.2) is 27.3 Å². The highest BCUT2D eigenvalue weighted by atomic mass is 79.9. The Hall–Kier alpha value is -1.06. The quantitative estimate of drug-likeness (QED) is 0.894. The van der Waals surface area contributed by atoms with Gasteiger partial charge in [-0.05, 0) is 61.6 Å². The summed E-state index contributed by atoms with van der Waals surface area (Å²) in [6.07, 6.45) is 0.902. The number of rotatable bonds is 2. The van der Waals surface area contributed by atoms with Gasteiger partial charge in [0.15, 0.2) is 0 Å². The van der Waals surface area contributed by atoms with Crippen molar-refractivity contribution < 1.29 is 9.52 Å². The summed E-state index contributed by atoms with van der Waals surface area (Å²) in [5, 5.41) is 10.5. The van der Waals surface area contributed by atoms with Crippen LogP contribution < -0.4 is 0 Å². The molecule has 2 nitrogen and oxygen atoms in total. The monoisotopic (exact) mass is 308 g/mol. The van der Waals surface area contributed by atoms with Gasteiger partial charge in [0.25, 0.3) is 0 Å². The molecule has 0 saturated carbocycles. The Morgan fingerprint density at radius 3 is 2.33 bits per heavy atom. The molecule has 1 N–H and O–H groups in total. The van der Waals surface area contributed by atoms with Crippen molar-refractivity contribution in [2.45, 2.75) is 33.8 Å². The first-order valence-corrected chi connectivity index (χ1v) is 6.71. The van der Waals surface area contributed by atoms with E-state index < -0.39 is 6.10 Å². The van der Waals surface area contributed by atoms with Crippen molar-refractivity contribution in [3.63, 3.8) is 0 Å². The van der Waals surface area contributed by atoms with Crippen LogP contribution in [0.4, 0.5) is 0 Å². The van der Waals surface area contributed by atoms with Gasteiger partial charge in [0.2, 0.25) is 0 Å². The van der Waals surface area contributed by atoms with Crippen molar-refractivity contribution in [1.82, 2.24) is 0 Å². The van der Waals surface area contributed by atoms with Gasteiger partial charge in [-0.15, -0.1) is 0 Å². The molecule has 1 aromatic carbocycles. The Morgan fingerprint density at radius 1 is 1.11 bits per heavy atom. The van der Waals surface area contributed by atoms with Crippen molar-refractivity contribution >= 4 is 15.9 Å². The van der Waals surface area contributed by atoms with Gasteiger partial charge in [-0.2, -0.15) is 0 Å². The predicted octanol–water partition coefficient (Wildman–Crippen LogP) is 4.36. The molecule has 0 bridgehead atoms. The lowest BCUT2D eigenvalue weighted by molar-refractivity contribution is 0.187. The van der Waals surface area contributed by atoms with Gasteiger partial charge in [-0.25, -0.2) is 0 Å². The highest BCUT2D eigenvalue weighted by molar-refractivity contribution is 9.10. The number of aryl methyl sites for hydroxylation is 3. The molecule has 0 saturated heterocycles. The van der Waals surface area contributed by atoms with Crippen LogP contribution in [0.3, 0.4) is 0 Å². The maximum atomic E-state index is 10.5. The molecule has 96 valence electrons. The summed E-state index contributed by atoms with van der Waals surface area (Å²) in [6, 6.07) is 3.94. The molecule has 1 atom stereocenters. The molecule has 0 fully saturated rings. The summed E-state index contributed by atoms with van der Waals surface area (Å²) < 4.78 is 6.44. The van der Waals surface area contributed by atoms with E-state index in [0.717, 1.165) is 26.7 Å². The first-order chi connectivity index (χ1) is 8.43. The summed E-state index contributed by atoms with van der Waals surface area (Å²) >= 11 is 3.57. The minimum Gasteiger partial charge on any atom is -0.466 e. The lowest BCUT2D eigenvalue weighted by atomic mass is 9.93. The third kappa shape index (κ3) is 2.13. The molecule has 18 heavy (non-hydrogen) atoms. The predicted molar refractivity (Wildman–Crippen MR) is 75.9 cm³/mol. The van der Waals surface area contributed by atoms with Gasteiger partial charge in [-0.3, -0.25) is 0 Å². The fourth-order valence-corrected chi connectivity index (χ4v) is 2.72. The average Bonchev–Trinajstić information content (AvgIpc) is 2.72. The van der Waals surface area contributed by atoms with Crippen LogP contribution in [0, 0.1) is 27.7 Å². The molecule has 1 heterocycles. The van der Waals surface area contributed by atoms with Gasteiger partial charge in [0.1, 0.15) is 11.9 Å². The second kappa shape index (κ2) is 4.90. The minimum atomic E-state index is -0.711. The van der Waals surface area contributed by atoms with Gasteiger partial charge in [0, 0.05) is 4.47 Å². The van der Waals surface area contributed by atoms with E-state index in [1.54, 1.807) is 6.26 Å². The minimum absolute atomic E-state index is 0.622. The number of aliphatic hydroxyl groups excluding tert-OH is 1. The fraction of sp³-hybridized carbons (Fsp3) is 0.333.